The van der Waals surface area contributed by atoms with Gasteiger partial charge >= 0.3 is 0 Å². The highest BCUT2D eigenvalue weighted by molar-refractivity contribution is 9.10. The molecular formula is C9H6BrN3O. The Bertz CT molecular complexity index is 498. The maximum absolute atomic E-state index is 8.46. The van der Waals surface area contributed by atoms with Crippen molar-refractivity contribution in [3.05, 3.63) is 34.7 Å². The molecular weight excluding hydrogens is 246 g/mol. The van der Waals surface area contributed by atoms with Gasteiger partial charge in [-0.3, -0.25) is 0 Å². The number of hydrogen-bond donors (Lipinski definition) is 1. The first-order valence-corrected chi connectivity index (χ1v) is 4.68. The summed E-state index contributed by atoms with van der Waals surface area (Å²) < 4.78 is 0.920. The molecule has 0 aliphatic rings. The van der Waals surface area contributed by atoms with Gasteiger partial charge in [0.05, 0.1) is 11.7 Å². The van der Waals surface area contributed by atoms with E-state index in [-0.39, 0.29) is 0 Å². The van der Waals surface area contributed by atoms with Crippen molar-refractivity contribution in [3.8, 4) is 0 Å². The van der Waals surface area contributed by atoms with Crippen molar-refractivity contribution in [3.63, 3.8) is 0 Å². The summed E-state index contributed by atoms with van der Waals surface area (Å²) in [4.78, 5) is 8.04. The topological polar surface area (TPSA) is 58.4 Å². The fourth-order valence-corrected chi connectivity index (χ4v) is 1.65. The molecule has 2 rings (SSSR count). The lowest BCUT2D eigenvalue weighted by atomic mass is 10.1. The van der Waals surface area contributed by atoms with Crippen LogP contribution in [0.2, 0.25) is 0 Å². The number of oxime groups is 1. The summed E-state index contributed by atoms with van der Waals surface area (Å²) >= 11 is 3.40. The summed E-state index contributed by atoms with van der Waals surface area (Å²) in [6.07, 6.45) is 4.52. The number of nitrogens with zero attached hydrogens (tertiary/aromatic N) is 3. The second-order valence-corrected chi connectivity index (χ2v) is 3.52. The molecule has 2 aromatic rings. The van der Waals surface area contributed by atoms with Crippen LogP contribution in [0.3, 0.4) is 0 Å². The van der Waals surface area contributed by atoms with Gasteiger partial charge in [-0.05, 0) is 12.1 Å². The van der Waals surface area contributed by atoms with E-state index >= 15 is 0 Å². The number of hydrogen-bond acceptors (Lipinski definition) is 4. The molecule has 0 atom stereocenters. The van der Waals surface area contributed by atoms with E-state index in [1.54, 1.807) is 6.20 Å². The van der Waals surface area contributed by atoms with Crippen LogP contribution in [0.15, 0.2) is 34.3 Å². The Morgan fingerprint density at radius 2 is 2.29 bits per heavy atom. The van der Waals surface area contributed by atoms with Gasteiger partial charge < -0.3 is 5.21 Å². The largest absolute Gasteiger partial charge is 0.411 e. The minimum absolute atomic E-state index is 0.757. The van der Waals surface area contributed by atoms with Crippen molar-refractivity contribution in [1.29, 1.82) is 0 Å². The van der Waals surface area contributed by atoms with Crippen molar-refractivity contribution in [2.75, 3.05) is 0 Å². The Labute approximate surface area is 88.4 Å². The van der Waals surface area contributed by atoms with Crippen molar-refractivity contribution >= 4 is 33.0 Å². The third kappa shape index (κ3) is 1.46. The summed E-state index contributed by atoms with van der Waals surface area (Å²) in [6.45, 7) is 0. The summed E-state index contributed by atoms with van der Waals surface area (Å²) in [5.74, 6) is 0. The van der Waals surface area contributed by atoms with E-state index in [1.807, 2.05) is 12.1 Å². The molecule has 0 unspecified atom stereocenters. The summed E-state index contributed by atoms with van der Waals surface area (Å²) in [7, 11) is 0. The van der Waals surface area contributed by atoms with Crippen LogP contribution in [-0.2, 0) is 0 Å². The maximum Gasteiger partial charge on any atom is 0.116 e. The Morgan fingerprint density at radius 1 is 1.43 bits per heavy atom. The fraction of sp³-hybridized carbons (Fsp3) is 0. The van der Waals surface area contributed by atoms with Gasteiger partial charge in [-0.1, -0.05) is 21.1 Å². The highest BCUT2D eigenvalue weighted by Gasteiger charge is 2.03. The third-order valence-corrected chi connectivity index (χ3v) is 2.54. The highest BCUT2D eigenvalue weighted by atomic mass is 79.9. The Hall–Kier alpha value is -1.49. The molecule has 0 bridgehead atoms. The van der Waals surface area contributed by atoms with Crippen LogP contribution in [0.1, 0.15) is 5.56 Å². The quantitative estimate of drug-likeness (QED) is 0.480. The minimum atomic E-state index is 0.757. The van der Waals surface area contributed by atoms with Gasteiger partial charge in [0.2, 0.25) is 0 Å². The smallest absolute Gasteiger partial charge is 0.116 e. The minimum Gasteiger partial charge on any atom is -0.411 e. The van der Waals surface area contributed by atoms with E-state index in [2.05, 4.69) is 31.1 Å². The predicted molar refractivity (Wildman–Crippen MR) is 56.6 cm³/mol. The summed E-state index contributed by atoms with van der Waals surface area (Å²) in [5.41, 5.74) is 1.51. The molecule has 0 radical (unpaired) electrons. The second-order valence-electron chi connectivity index (χ2n) is 2.67. The molecule has 1 aromatic carbocycles. The zero-order valence-corrected chi connectivity index (χ0v) is 8.64. The van der Waals surface area contributed by atoms with Gasteiger partial charge in [0.15, 0.2) is 0 Å². The highest BCUT2D eigenvalue weighted by Crippen LogP contribution is 2.23. The zero-order chi connectivity index (χ0) is 9.97. The number of rotatable bonds is 1. The molecule has 0 saturated carbocycles. The first kappa shape index (κ1) is 9.08. The van der Waals surface area contributed by atoms with Gasteiger partial charge in [0, 0.05) is 21.6 Å². The van der Waals surface area contributed by atoms with E-state index in [4.69, 9.17) is 5.21 Å². The monoisotopic (exact) mass is 251 g/mol. The second kappa shape index (κ2) is 3.71. The number of halogens is 1. The Kier molecular flexibility index (Phi) is 2.41. The normalized spacial score (nSPS) is 11.2. The van der Waals surface area contributed by atoms with Gasteiger partial charge in [-0.25, -0.2) is 9.97 Å². The standard InChI is InChI=1S/C9H6BrN3O/c10-8-2-1-6(3-13-14)9-7(8)4-11-5-12-9/h1-5,14H/b13-3+. The zero-order valence-electron chi connectivity index (χ0n) is 7.05. The first-order chi connectivity index (χ1) is 6.83. The molecule has 70 valence electrons. The number of benzene rings is 1. The van der Waals surface area contributed by atoms with Gasteiger partial charge in [0.25, 0.3) is 0 Å². The first-order valence-electron chi connectivity index (χ1n) is 3.88. The average Bonchev–Trinajstić information content (AvgIpc) is 2.23. The van der Waals surface area contributed by atoms with E-state index in [0.29, 0.717) is 0 Å². The van der Waals surface area contributed by atoms with Crippen molar-refractivity contribution < 1.29 is 5.21 Å². The molecule has 1 aromatic heterocycles. The van der Waals surface area contributed by atoms with Crippen LogP contribution < -0.4 is 0 Å². The molecule has 0 aliphatic heterocycles. The molecule has 1 heterocycles. The molecule has 0 spiro atoms. The fourth-order valence-electron chi connectivity index (χ4n) is 1.23. The lowest BCUT2D eigenvalue weighted by molar-refractivity contribution is 0.322. The maximum atomic E-state index is 8.46. The average molecular weight is 252 g/mol. The van der Waals surface area contributed by atoms with Crippen LogP contribution in [0.4, 0.5) is 0 Å². The molecule has 5 heteroatoms. The lowest BCUT2D eigenvalue weighted by Crippen LogP contribution is -1.89. The molecule has 0 saturated heterocycles. The van der Waals surface area contributed by atoms with Gasteiger partial charge in [-0.2, -0.15) is 0 Å². The van der Waals surface area contributed by atoms with Gasteiger partial charge in [0.1, 0.15) is 6.33 Å². The van der Waals surface area contributed by atoms with Crippen LogP contribution in [0.5, 0.6) is 0 Å². The molecule has 0 fully saturated rings. The van der Waals surface area contributed by atoms with E-state index < -0.39 is 0 Å². The Balaban J connectivity index is 2.81. The molecule has 4 nitrogen and oxygen atoms in total. The van der Waals surface area contributed by atoms with Crippen LogP contribution in [0, 0.1) is 0 Å². The molecule has 0 aliphatic carbocycles. The van der Waals surface area contributed by atoms with Gasteiger partial charge in [-0.15, -0.1) is 0 Å². The SMILES string of the molecule is O/N=C/c1ccc(Br)c2cncnc12. The number of fused-ring (bicyclic) bond motifs is 1. The van der Waals surface area contributed by atoms with Crippen LogP contribution >= 0.6 is 15.9 Å². The lowest BCUT2D eigenvalue weighted by Gasteiger charge is -2.01. The molecule has 0 amide bonds. The molecule has 1 N–H and O–H groups in total. The third-order valence-electron chi connectivity index (χ3n) is 1.85. The van der Waals surface area contributed by atoms with Crippen molar-refractivity contribution in [2.24, 2.45) is 5.16 Å². The van der Waals surface area contributed by atoms with E-state index in [9.17, 15) is 0 Å². The predicted octanol–water partition coefficient (Wildman–Crippen LogP) is 2.20. The number of aromatic nitrogens is 2. The summed E-state index contributed by atoms with van der Waals surface area (Å²) in [6, 6.07) is 3.68. The summed E-state index contributed by atoms with van der Waals surface area (Å²) in [5, 5.41) is 12.3. The Morgan fingerprint density at radius 3 is 3.07 bits per heavy atom. The van der Waals surface area contributed by atoms with E-state index in [1.165, 1.54) is 12.5 Å². The van der Waals surface area contributed by atoms with E-state index in [0.717, 1.165) is 20.9 Å². The van der Waals surface area contributed by atoms with Crippen LogP contribution in [0.25, 0.3) is 10.9 Å². The van der Waals surface area contributed by atoms with Crippen LogP contribution in [-0.4, -0.2) is 21.4 Å². The van der Waals surface area contributed by atoms with Crippen molar-refractivity contribution in [1.82, 2.24) is 9.97 Å². The van der Waals surface area contributed by atoms with Crippen molar-refractivity contribution in [2.45, 2.75) is 0 Å². The molecule has 14 heavy (non-hydrogen) atoms.